The van der Waals surface area contributed by atoms with Gasteiger partial charge < -0.3 is 4.52 Å². The molecule has 2 aromatic rings. The Bertz CT molecular complexity index is 574. The number of hydrogen-bond donors (Lipinski definition) is 0. The molecule has 118 valence electrons. The van der Waals surface area contributed by atoms with Gasteiger partial charge in [-0.3, -0.25) is 9.88 Å². The van der Waals surface area contributed by atoms with Crippen molar-refractivity contribution in [3.05, 3.63) is 47.1 Å². The lowest BCUT2D eigenvalue weighted by atomic mass is 9.96. The molecule has 3 heterocycles. The van der Waals surface area contributed by atoms with E-state index in [0.717, 1.165) is 24.4 Å². The number of hydrogen-bond acceptors (Lipinski definition) is 4. The van der Waals surface area contributed by atoms with E-state index in [1.165, 1.54) is 43.5 Å². The molecule has 0 amide bonds. The first-order valence-electron chi connectivity index (χ1n) is 8.30. The van der Waals surface area contributed by atoms with Crippen molar-refractivity contribution in [1.82, 2.24) is 15.0 Å². The average molecular weight is 299 g/mol. The molecule has 0 spiro atoms. The van der Waals surface area contributed by atoms with Crippen LogP contribution in [-0.4, -0.2) is 27.6 Å². The third kappa shape index (κ3) is 3.55. The Labute approximate surface area is 132 Å². The van der Waals surface area contributed by atoms with Crippen LogP contribution in [0.25, 0.3) is 0 Å². The van der Waals surface area contributed by atoms with E-state index < -0.39 is 0 Å². The van der Waals surface area contributed by atoms with Crippen molar-refractivity contribution in [3.8, 4) is 0 Å². The second-order valence-electron chi connectivity index (χ2n) is 6.28. The van der Waals surface area contributed by atoms with E-state index in [0.29, 0.717) is 6.04 Å². The second-order valence-corrected chi connectivity index (χ2v) is 6.28. The van der Waals surface area contributed by atoms with Crippen LogP contribution in [0.5, 0.6) is 0 Å². The predicted octanol–water partition coefficient (Wildman–Crippen LogP) is 3.67. The van der Waals surface area contributed by atoms with Crippen LogP contribution in [0.4, 0.5) is 0 Å². The lowest BCUT2D eigenvalue weighted by Gasteiger charge is -2.35. The maximum Gasteiger partial charge on any atom is 0.138 e. The number of nitrogens with zero attached hydrogens (tertiary/aromatic N) is 3. The summed E-state index contributed by atoms with van der Waals surface area (Å²) in [5.74, 6) is 0.964. The maximum atomic E-state index is 5.31. The monoisotopic (exact) mass is 299 g/mol. The average Bonchev–Trinajstić information content (AvgIpc) is 2.87. The normalized spacial score (nSPS) is 19.5. The van der Waals surface area contributed by atoms with Crippen LogP contribution in [0.1, 0.15) is 48.4 Å². The Kier molecular flexibility index (Phi) is 4.88. The molecule has 1 aliphatic heterocycles. The summed E-state index contributed by atoms with van der Waals surface area (Å²) >= 11 is 0. The zero-order valence-electron chi connectivity index (χ0n) is 13.6. The van der Waals surface area contributed by atoms with Crippen LogP contribution < -0.4 is 0 Å². The van der Waals surface area contributed by atoms with Crippen molar-refractivity contribution >= 4 is 0 Å². The van der Waals surface area contributed by atoms with Crippen LogP contribution in [0.15, 0.2) is 28.9 Å². The van der Waals surface area contributed by atoms with Gasteiger partial charge in [0.15, 0.2) is 0 Å². The van der Waals surface area contributed by atoms with Gasteiger partial charge in [-0.25, -0.2) is 0 Å². The fourth-order valence-corrected chi connectivity index (χ4v) is 3.39. The molecule has 0 aliphatic carbocycles. The Morgan fingerprint density at radius 3 is 2.91 bits per heavy atom. The summed E-state index contributed by atoms with van der Waals surface area (Å²) < 4.78 is 5.31. The van der Waals surface area contributed by atoms with Crippen molar-refractivity contribution in [3.63, 3.8) is 0 Å². The van der Waals surface area contributed by atoms with Crippen LogP contribution in [-0.2, 0) is 13.0 Å². The number of aromatic nitrogens is 2. The van der Waals surface area contributed by atoms with E-state index in [1.54, 1.807) is 0 Å². The summed E-state index contributed by atoms with van der Waals surface area (Å²) in [6, 6.07) is 6.82. The lowest BCUT2D eigenvalue weighted by Crippen LogP contribution is -2.39. The molecule has 1 aliphatic rings. The molecule has 0 saturated carbocycles. The fourth-order valence-electron chi connectivity index (χ4n) is 3.39. The molecule has 0 radical (unpaired) electrons. The van der Waals surface area contributed by atoms with E-state index >= 15 is 0 Å². The highest BCUT2D eigenvalue weighted by atomic mass is 16.5. The van der Waals surface area contributed by atoms with Gasteiger partial charge in [0.2, 0.25) is 0 Å². The van der Waals surface area contributed by atoms with E-state index in [9.17, 15) is 0 Å². The van der Waals surface area contributed by atoms with Crippen LogP contribution in [0.2, 0.25) is 0 Å². The maximum absolute atomic E-state index is 5.31. The topological polar surface area (TPSA) is 42.2 Å². The molecule has 1 fully saturated rings. The first kappa shape index (κ1) is 15.2. The standard InChI is InChI=1S/C18H25N3O/c1-14-18(15(2)22-20-14)13-21-12-6-4-8-17(21)10-9-16-7-3-5-11-19-16/h3,5,7,11,17H,4,6,8-10,12-13H2,1-2H3/t17-/m0/s1. The highest BCUT2D eigenvalue weighted by molar-refractivity contribution is 5.20. The first-order valence-corrected chi connectivity index (χ1v) is 8.30. The van der Waals surface area contributed by atoms with Gasteiger partial charge in [0.25, 0.3) is 0 Å². The molecule has 4 heteroatoms. The summed E-state index contributed by atoms with van der Waals surface area (Å²) in [5.41, 5.74) is 3.50. The molecule has 0 bridgehead atoms. The molecular weight excluding hydrogens is 274 g/mol. The number of likely N-dealkylation sites (tertiary alicyclic amines) is 1. The quantitative estimate of drug-likeness (QED) is 0.844. The largest absolute Gasteiger partial charge is 0.361 e. The van der Waals surface area contributed by atoms with E-state index in [2.05, 4.69) is 27.2 Å². The molecule has 22 heavy (non-hydrogen) atoms. The van der Waals surface area contributed by atoms with Gasteiger partial charge in [-0.15, -0.1) is 0 Å². The van der Waals surface area contributed by atoms with Crippen molar-refractivity contribution in [2.45, 2.75) is 58.5 Å². The molecule has 2 aromatic heterocycles. The molecule has 1 atom stereocenters. The molecule has 0 unspecified atom stereocenters. The third-order valence-electron chi connectivity index (χ3n) is 4.75. The highest BCUT2D eigenvalue weighted by Gasteiger charge is 2.24. The van der Waals surface area contributed by atoms with Crippen molar-refractivity contribution in [1.29, 1.82) is 0 Å². The van der Waals surface area contributed by atoms with Gasteiger partial charge in [0, 0.05) is 30.0 Å². The van der Waals surface area contributed by atoms with Crippen LogP contribution >= 0.6 is 0 Å². The van der Waals surface area contributed by atoms with Crippen molar-refractivity contribution in [2.24, 2.45) is 0 Å². The number of piperidine rings is 1. The van der Waals surface area contributed by atoms with Gasteiger partial charge in [0.05, 0.1) is 5.69 Å². The summed E-state index contributed by atoms with van der Waals surface area (Å²) in [5, 5.41) is 4.09. The molecule has 1 saturated heterocycles. The van der Waals surface area contributed by atoms with Crippen LogP contribution in [0, 0.1) is 13.8 Å². The van der Waals surface area contributed by atoms with Gasteiger partial charge in [0.1, 0.15) is 5.76 Å². The third-order valence-corrected chi connectivity index (χ3v) is 4.75. The van der Waals surface area contributed by atoms with Crippen molar-refractivity contribution < 1.29 is 4.52 Å². The van der Waals surface area contributed by atoms with Gasteiger partial charge in [-0.1, -0.05) is 17.6 Å². The minimum Gasteiger partial charge on any atom is -0.361 e. The number of aryl methyl sites for hydroxylation is 3. The molecule has 4 nitrogen and oxygen atoms in total. The molecule has 3 rings (SSSR count). The number of pyridine rings is 1. The van der Waals surface area contributed by atoms with Gasteiger partial charge >= 0.3 is 0 Å². The zero-order valence-corrected chi connectivity index (χ0v) is 13.6. The Morgan fingerprint density at radius 2 is 2.18 bits per heavy atom. The van der Waals surface area contributed by atoms with E-state index in [4.69, 9.17) is 4.52 Å². The summed E-state index contributed by atoms with van der Waals surface area (Å²) in [4.78, 5) is 7.06. The minimum atomic E-state index is 0.643. The summed E-state index contributed by atoms with van der Waals surface area (Å²) in [6.45, 7) is 6.20. The number of rotatable bonds is 5. The van der Waals surface area contributed by atoms with E-state index in [1.807, 2.05) is 26.1 Å². The predicted molar refractivity (Wildman–Crippen MR) is 86.6 cm³/mol. The fraction of sp³-hybridized carbons (Fsp3) is 0.556. The van der Waals surface area contributed by atoms with E-state index in [-0.39, 0.29) is 0 Å². The zero-order chi connectivity index (χ0) is 15.4. The molecule has 0 N–H and O–H groups in total. The Morgan fingerprint density at radius 1 is 1.27 bits per heavy atom. The molecular formula is C18H25N3O. The summed E-state index contributed by atoms with van der Waals surface area (Å²) in [7, 11) is 0. The Hall–Kier alpha value is -1.68. The van der Waals surface area contributed by atoms with Crippen molar-refractivity contribution in [2.75, 3.05) is 6.54 Å². The summed E-state index contributed by atoms with van der Waals surface area (Å²) in [6.07, 6.45) is 8.05. The van der Waals surface area contributed by atoms with Gasteiger partial charge in [-0.05, 0) is 58.2 Å². The Balaban J connectivity index is 1.64. The highest BCUT2D eigenvalue weighted by Crippen LogP contribution is 2.25. The van der Waals surface area contributed by atoms with Gasteiger partial charge in [-0.2, -0.15) is 0 Å². The minimum absolute atomic E-state index is 0.643. The first-order chi connectivity index (χ1) is 10.7. The molecule has 0 aromatic carbocycles. The van der Waals surface area contributed by atoms with Crippen LogP contribution in [0.3, 0.4) is 0 Å². The smallest absolute Gasteiger partial charge is 0.138 e. The lowest BCUT2D eigenvalue weighted by molar-refractivity contribution is 0.131. The SMILES string of the molecule is Cc1noc(C)c1CN1CCCC[C@H]1CCc1ccccn1. The second kappa shape index (κ2) is 7.05.